The van der Waals surface area contributed by atoms with Gasteiger partial charge in [-0.05, 0) is 25.1 Å². The number of rotatable bonds is 3. The summed E-state index contributed by atoms with van der Waals surface area (Å²) in [4.78, 5) is 0. The largest absolute Gasteiger partial charge is 0.508 e. The molecule has 0 fully saturated rings. The normalized spacial score (nSPS) is 13.1. The maximum absolute atomic E-state index is 9.64. The van der Waals surface area contributed by atoms with Gasteiger partial charge in [0.2, 0.25) is 0 Å². The molecule has 0 aliphatic carbocycles. The summed E-state index contributed by atoms with van der Waals surface area (Å²) in [5.41, 5.74) is 0.891. The third-order valence-corrected chi connectivity index (χ3v) is 2.21. The molecule has 1 atom stereocenters. The van der Waals surface area contributed by atoms with Gasteiger partial charge in [-0.25, -0.2) is 0 Å². The molecule has 0 amide bonds. The van der Waals surface area contributed by atoms with E-state index in [4.69, 9.17) is 4.74 Å². The first-order valence-electron chi connectivity index (χ1n) is 4.68. The standard InChI is InChI=1S/C12H16O2/c1-4-5-9(2)11-8-10(14-3)6-7-12(11)13/h4-9,13H,1-3H3. The van der Waals surface area contributed by atoms with E-state index in [0.717, 1.165) is 11.3 Å². The van der Waals surface area contributed by atoms with Gasteiger partial charge in [0.1, 0.15) is 11.5 Å². The Morgan fingerprint density at radius 1 is 1.43 bits per heavy atom. The zero-order chi connectivity index (χ0) is 10.6. The molecule has 0 saturated carbocycles. The molecule has 0 aromatic heterocycles. The summed E-state index contributed by atoms with van der Waals surface area (Å²) in [7, 11) is 1.62. The average Bonchev–Trinajstić information content (AvgIpc) is 2.19. The molecule has 0 bridgehead atoms. The molecule has 0 heterocycles. The van der Waals surface area contributed by atoms with Crippen molar-refractivity contribution >= 4 is 0 Å². The lowest BCUT2D eigenvalue weighted by Crippen LogP contribution is -1.91. The van der Waals surface area contributed by atoms with Crippen molar-refractivity contribution in [3.8, 4) is 11.5 Å². The van der Waals surface area contributed by atoms with Crippen LogP contribution in [0.25, 0.3) is 0 Å². The van der Waals surface area contributed by atoms with Crippen LogP contribution in [0.15, 0.2) is 30.4 Å². The maximum atomic E-state index is 9.64. The lowest BCUT2D eigenvalue weighted by Gasteiger charge is -2.10. The Hall–Kier alpha value is -1.44. The van der Waals surface area contributed by atoms with Crippen LogP contribution in [0.4, 0.5) is 0 Å². The van der Waals surface area contributed by atoms with E-state index in [1.807, 2.05) is 32.1 Å². The Bertz CT molecular complexity index is 329. The van der Waals surface area contributed by atoms with Crippen molar-refractivity contribution in [1.29, 1.82) is 0 Å². The van der Waals surface area contributed by atoms with E-state index < -0.39 is 0 Å². The molecule has 0 spiro atoms. The van der Waals surface area contributed by atoms with Crippen molar-refractivity contribution in [2.24, 2.45) is 0 Å². The highest BCUT2D eigenvalue weighted by Crippen LogP contribution is 2.30. The Labute approximate surface area is 84.8 Å². The van der Waals surface area contributed by atoms with Gasteiger partial charge >= 0.3 is 0 Å². The zero-order valence-electron chi connectivity index (χ0n) is 8.82. The highest BCUT2D eigenvalue weighted by atomic mass is 16.5. The smallest absolute Gasteiger partial charge is 0.119 e. The maximum Gasteiger partial charge on any atom is 0.119 e. The predicted molar refractivity (Wildman–Crippen MR) is 57.9 cm³/mol. The molecule has 0 radical (unpaired) electrons. The third-order valence-electron chi connectivity index (χ3n) is 2.21. The molecule has 2 nitrogen and oxygen atoms in total. The number of methoxy groups -OCH3 is 1. The van der Waals surface area contributed by atoms with Gasteiger partial charge < -0.3 is 9.84 Å². The number of ether oxygens (including phenoxy) is 1. The SMILES string of the molecule is CC=CC(C)c1cc(OC)ccc1O. The molecule has 0 aliphatic heterocycles. The van der Waals surface area contributed by atoms with Gasteiger partial charge in [0.05, 0.1) is 7.11 Å². The van der Waals surface area contributed by atoms with Crippen LogP contribution in [0.2, 0.25) is 0 Å². The monoisotopic (exact) mass is 192 g/mol. The fourth-order valence-electron chi connectivity index (χ4n) is 1.42. The van der Waals surface area contributed by atoms with Crippen LogP contribution in [0.5, 0.6) is 11.5 Å². The van der Waals surface area contributed by atoms with Gasteiger partial charge in [-0.3, -0.25) is 0 Å². The summed E-state index contributed by atoms with van der Waals surface area (Å²) in [5.74, 6) is 1.29. The second-order valence-corrected chi connectivity index (χ2v) is 3.24. The van der Waals surface area contributed by atoms with Gasteiger partial charge in [0, 0.05) is 11.5 Å². The van der Waals surface area contributed by atoms with E-state index in [1.165, 1.54) is 0 Å². The Balaban J connectivity index is 3.05. The molecule has 1 unspecified atom stereocenters. The minimum atomic E-state index is 0.204. The fraction of sp³-hybridized carbons (Fsp3) is 0.333. The second kappa shape index (κ2) is 4.70. The minimum absolute atomic E-state index is 0.204. The van der Waals surface area contributed by atoms with Crippen molar-refractivity contribution in [1.82, 2.24) is 0 Å². The van der Waals surface area contributed by atoms with Gasteiger partial charge in [-0.1, -0.05) is 19.1 Å². The number of phenolic OH excluding ortho intramolecular Hbond substituents is 1. The van der Waals surface area contributed by atoms with Crippen LogP contribution >= 0.6 is 0 Å². The Kier molecular flexibility index (Phi) is 3.57. The highest BCUT2D eigenvalue weighted by Gasteiger charge is 2.08. The molecule has 76 valence electrons. The first-order valence-corrected chi connectivity index (χ1v) is 4.68. The quantitative estimate of drug-likeness (QED) is 0.746. The Morgan fingerprint density at radius 3 is 2.71 bits per heavy atom. The number of hydrogen-bond donors (Lipinski definition) is 1. The van der Waals surface area contributed by atoms with Crippen molar-refractivity contribution in [2.75, 3.05) is 7.11 Å². The van der Waals surface area contributed by atoms with Crippen LogP contribution in [0.1, 0.15) is 25.3 Å². The molecule has 1 N–H and O–H groups in total. The van der Waals surface area contributed by atoms with Crippen molar-refractivity contribution in [2.45, 2.75) is 19.8 Å². The summed E-state index contributed by atoms with van der Waals surface area (Å²) in [6, 6.07) is 5.27. The minimum Gasteiger partial charge on any atom is -0.508 e. The second-order valence-electron chi connectivity index (χ2n) is 3.24. The molecular weight excluding hydrogens is 176 g/mol. The van der Waals surface area contributed by atoms with Gasteiger partial charge in [-0.15, -0.1) is 0 Å². The lowest BCUT2D eigenvalue weighted by atomic mass is 9.99. The van der Waals surface area contributed by atoms with E-state index in [-0.39, 0.29) is 5.92 Å². The van der Waals surface area contributed by atoms with Crippen LogP contribution in [0, 0.1) is 0 Å². The van der Waals surface area contributed by atoms with Crippen LogP contribution in [-0.4, -0.2) is 12.2 Å². The first-order chi connectivity index (χ1) is 6.69. The summed E-state index contributed by atoms with van der Waals surface area (Å²) in [6.45, 7) is 4.00. The van der Waals surface area contributed by atoms with Crippen molar-refractivity contribution in [3.63, 3.8) is 0 Å². The van der Waals surface area contributed by atoms with Crippen molar-refractivity contribution in [3.05, 3.63) is 35.9 Å². The third kappa shape index (κ3) is 2.28. The van der Waals surface area contributed by atoms with Gasteiger partial charge in [-0.2, -0.15) is 0 Å². The molecule has 1 aromatic carbocycles. The number of benzene rings is 1. The van der Waals surface area contributed by atoms with E-state index in [2.05, 4.69) is 0 Å². The topological polar surface area (TPSA) is 29.5 Å². The van der Waals surface area contributed by atoms with Crippen LogP contribution < -0.4 is 4.74 Å². The van der Waals surface area contributed by atoms with E-state index in [1.54, 1.807) is 19.2 Å². The Morgan fingerprint density at radius 2 is 2.14 bits per heavy atom. The predicted octanol–water partition coefficient (Wildman–Crippen LogP) is 3.08. The molecule has 1 aromatic rings. The van der Waals surface area contributed by atoms with E-state index >= 15 is 0 Å². The first kappa shape index (κ1) is 10.6. The lowest BCUT2D eigenvalue weighted by molar-refractivity contribution is 0.410. The number of phenols is 1. The molecule has 1 rings (SSSR count). The summed E-state index contributed by atoms with van der Waals surface area (Å²) >= 11 is 0. The zero-order valence-corrected chi connectivity index (χ0v) is 8.82. The molecule has 0 saturated heterocycles. The number of allylic oxidation sites excluding steroid dienone is 2. The summed E-state index contributed by atoms with van der Waals surface area (Å²) in [5, 5.41) is 9.64. The summed E-state index contributed by atoms with van der Waals surface area (Å²) < 4.78 is 5.10. The van der Waals surface area contributed by atoms with E-state index in [9.17, 15) is 5.11 Å². The molecular formula is C12H16O2. The average molecular weight is 192 g/mol. The molecule has 14 heavy (non-hydrogen) atoms. The van der Waals surface area contributed by atoms with Crippen molar-refractivity contribution < 1.29 is 9.84 Å². The van der Waals surface area contributed by atoms with Gasteiger partial charge in [0.25, 0.3) is 0 Å². The van der Waals surface area contributed by atoms with Gasteiger partial charge in [0.15, 0.2) is 0 Å². The fourth-order valence-corrected chi connectivity index (χ4v) is 1.42. The van der Waals surface area contributed by atoms with Crippen LogP contribution in [0.3, 0.4) is 0 Å². The highest BCUT2D eigenvalue weighted by molar-refractivity contribution is 5.42. The number of hydrogen-bond acceptors (Lipinski definition) is 2. The molecule has 2 heteroatoms. The summed E-state index contributed by atoms with van der Waals surface area (Å²) in [6.07, 6.45) is 4.01. The molecule has 0 aliphatic rings. The van der Waals surface area contributed by atoms with Crippen LogP contribution in [-0.2, 0) is 0 Å². The van der Waals surface area contributed by atoms with E-state index in [0.29, 0.717) is 5.75 Å². The number of aromatic hydroxyl groups is 1.